The summed E-state index contributed by atoms with van der Waals surface area (Å²) in [6.07, 6.45) is 3.05. The van der Waals surface area contributed by atoms with Crippen LogP contribution in [0, 0.1) is 13.8 Å². The van der Waals surface area contributed by atoms with Crippen LogP contribution < -0.4 is 10.0 Å². The van der Waals surface area contributed by atoms with Crippen molar-refractivity contribution in [2.24, 2.45) is 0 Å². The van der Waals surface area contributed by atoms with Gasteiger partial charge in [-0.1, -0.05) is 6.92 Å². The normalized spacial score (nSPS) is 11.6. The number of nitrogens with zero attached hydrogens (tertiary/aromatic N) is 1. The Balaban J connectivity index is 2.40. The predicted molar refractivity (Wildman–Crippen MR) is 80.6 cm³/mol. The summed E-state index contributed by atoms with van der Waals surface area (Å²) in [5.74, 6) is 0.997. The molecule has 2 heterocycles. The first kappa shape index (κ1) is 15.5. The van der Waals surface area contributed by atoms with Gasteiger partial charge < -0.3 is 9.73 Å². The molecular formula is C14H19N3O3S. The SMILES string of the molecule is CCNCc1c(C)oc(C)c1S(=O)(=O)Nc1cccnc1. The molecule has 6 nitrogen and oxygen atoms in total. The second kappa shape index (κ2) is 6.28. The Bertz CT molecular complexity index is 709. The zero-order valence-corrected chi connectivity index (χ0v) is 13.1. The van der Waals surface area contributed by atoms with E-state index in [1.807, 2.05) is 6.92 Å². The van der Waals surface area contributed by atoms with Gasteiger partial charge in [0.1, 0.15) is 16.4 Å². The van der Waals surface area contributed by atoms with E-state index >= 15 is 0 Å². The molecule has 0 aliphatic carbocycles. The van der Waals surface area contributed by atoms with Crippen molar-refractivity contribution < 1.29 is 12.8 Å². The summed E-state index contributed by atoms with van der Waals surface area (Å²) in [5.41, 5.74) is 1.08. The Kier molecular flexibility index (Phi) is 4.64. The van der Waals surface area contributed by atoms with E-state index in [0.29, 0.717) is 29.3 Å². The van der Waals surface area contributed by atoms with Gasteiger partial charge in [0, 0.05) is 18.3 Å². The molecule has 0 unspecified atom stereocenters. The van der Waals surface area contributed by atoms with E-state index in [2.05, 4.69) is 15.0 Å². The number of sulfonamides is 1. The molecule has 0 spiro atoms. The number of anilines is 1. The minimum atomic E-state index is -3.71. The average Bonchev–Trinajstić information content (AvgIpc) is 2.72. The number of aryl methyl sites for hydroxylation is 2. The molecule has 2 aromatic rings. The largest absolute Gasteiger partial charge is 0.465 e. The van der Waals surface area contributed by atoms with Crippen molar-refractivity contribution in [1.29, 1.82) is 0 Å². The number of hydrogen-bond acceptors (Lipinski definition) is 5. The first-order valence-electron chi connectivity index (χ1n) is 6.68. The first-order valence-corrected chi connectivity index (χ1v) is 8.16. The molecule has 0 aromatic carbocycles. The second-order valence-corrected chi connectivity index (χ2v) is 6.27. The molecule has 0 fully saturated rings. The van der Waals surface area contributed by atoms with Crippen LogP contribution in [0.25, 0.3) is 0 Å². The van der Waals surface area contributed by atoms with Crippen LogP contribution in [-0.2, 0) is 16.6 Å². The lowest BCUT2D eigenvalue weighted by atomic mass is 10.2. The molecule has 7 heteroatoms. The molecule has 0 radical (unpaired) electrons. The van der Waals surface area contributed by atoms with Crippen molar-refractivity contribution in [3.63, 3.8) is 0 Å². The highest BCUT2D eigenvalue weighted by Gasteiger charge is 2.26. The molecule has 2 N–H and O–H groups in total. The molecule has 0 saturated carbocycles. The summed E-state index contributed by atoms with van der Waals surface area (Å²) in [7, 11) is -3.71. The van der Waals surface area contributed by atoms with Gasteiger partial charge in [0.25, 0.3) is 10.0 Å². The summed E-state index contributed by atoms with van der Waals surface area (Å²) in [4.78, 5) is 4.10. The average molecular weight is 309 g/mol. The van der Waals surface area contributed by atoms with Gasteiger partial charge in [0.2, 0.25) is 0 Å². The van der Waals surface area contributed by atoms with E-state index in [0.717, 1.165) is 6.54 Å². The maximum atomic E-state index is 12.6. The van der Waals surface area contributed by atoms with Crippen LogP contribution in [-0.4, -0.2) is 19.9 Å². The van der Waals surface area contributed by atoms with Crippen LogP contribution >= 0.6 is 0 Å². The van der Waals surface area contributed by atoms with Gasteiger partial charge in [0.15, 0.2) is 0 Å². The van der Waals surface area contributed by atoms with Crippen molar-refractivity contribution >= 4 is 15.7 Å². The van der Waals surface area contributed by atoms with Gasteiger partial charge in [-0.15, -0.1) is 0 Å². The summed E-state index contributed by atoms with van der Waals surface area (Å²) in [5, 5.41) is 3.13. The van der Waals surface area contributed by atoms with E-state index in [9.17, 15) is 8.42 Å². The third kappa shape index (κ3) is 3.43. The molecule has 0 saturated heterocycles. The van der Waals surface area contributed by atoms with Gasteiger partial charge in [-0.3, -0.25) is 9.71 Å². The third-order valence-corrected chi connectivity index (χ3v) is 4.64. The molecule has 2 rings (SSSR count). The monoisotopic (exact) mass is 309 g/mol. The summed E-state index contributed by atoms with van der Waals surface area (Å²) >= 11 is 0. The van der Waals surface area contributed by atoms with E-state index in [1.165, 1.54) is 6.20 Å². The van der Waals surface area contributed by atoms with Crippen LogP contribution in [0.15, 0.2) is 33.8 Å². The molecule has 21 heavy (non-hydrogen) atoms. The number of pyridine rings is 1. The van der Waals surface area contributed by atoms with Crippen LogP contribution in [0.2, 0.25) is 0 Å². The minimum absolute atomic E-state index is 0.199. The maximum Gasteiger partial charge on any atom is 0.265 e. The van der Waals surface area contributed by atoms with Crippen LogP contribution in [0.4, 0.5) is 5.69 Å². The lowest BCUT2D eigenvalue weighted by Crippen LogP contribution is -2.19. The fourth-order valence-electron chi connectivity index (χ4n) is 2.15. The Hall–Kier alpha value is -1.86. The standard InChI is InChI=1S/C14H19N3O3S/c1-4-15-9-13-10(2)20-11(3)14(13)21(18,19)17-12-6-5-7-16-8-12/h5-8,15,17H,4,9H2,1-3H3. The number of rotatable bonds is 6. The smallest absolute Gasteiger partial charge is 0.265 e. The molecule has 0 atom stereocenters. The van der Waals surface area contributed by atoms with E-state index in [1.54, 1.807) is 32.2 Å². The predicted octanol–water partition coefficient (Wildman–Crippen LogP) is 2.20. The number of nitrogens with one attached hydrogen (secondary N) is 2. The quantitative estimate of drug-likeness (QED) is 0.854. The van der Waals surface area contributed by atoms with Crippen molar-refractivity contribution in [3.05, 3.63) is 41.6 Å². The van der Waals surface area contributed by atoms with E-state index < -0.39 is 10.0 Å². The molecule has 0 aliphatic heterocycles. The zero-order chi connectivity index (χ0) is 15.5. The fraction of sp³-hybridized carbons (Fsp3) is 0.357. The third-order valence-electron chi connectivity index (χ3n) is 3.06. The van der Waals surface area contributed by atoms with E-state index in [4.69, 9.17) is 4.42 Å². The van der Waals surface area contributed by atoms with E-state index in [-0.39, 0.29) is 4.90 Å². The summed E-state index contributed by atoms with van der Waals surface area (Å²) < 4.78 is 33.2. The molecule has 114 valence electrons. The van der Waals surface area contributed by atoms with Crippen molar-refractivity contribution in [2.75, 3.05) is 11.3 Å². The second-order valence-electron chi connectivity index (χ2n) is 4.65. The van der Waals surface area contributed by atoms with Crippen LogP contribution in [0.5, 0.6) is 0 Å². The van der Waals surface area contributed by atoms with Gasteiger partial charge in [-0.05, 0) is 32.5 Å². The molecule has 2 aromatic heterocycles. The lowest BCUT2D eigenvalue weighted by Gasteiger charge is -2.09. The molecular weight excluding hydrogens is 290 g/mol. The Labute approximate surface area is 124 Å². The van der Waals surface area contributed by atoms with Crippen LogP contribution in [0.1, 0.15) is 24.0 Å². The zero-order valence-electron chi connectivity index (χ0n) is 12.3. The van der Waals surface area contributed by atoms with Gasteiger partial charge in [0.05, 0.1) is 11.9 Å². The molecule has 0 bridgehead atoms. The fourth-order valence-corrected chi connectivity index (χ4v) is 3.64. The number of hydrogen-bond donors (Lipinski definition) is 2. The maximum absolute atomic E-state index is 12.6. The lowest BCUT2D eigenvalue weighted by molar-refractivity contribution is 0.493. The highest BCUT2D eigenvalue weighted by Crippen LogP contribution is 2.28. The Morgan fingerprint density at radius 2 is 2.05 bits per heavy atom. The van der Waals surface area contributed by atoms with Gasteiger partial charge in [-0.25, -0.2) is 8.42 Å². The summed E-state index contributed by atoms with van der Waals surface area (Å²) in [6.45, 7) is 6.58. The van der Waals surface area contributed by atoms with Gasteiger partial charge >= 0.3 is 0 Å². The van der Waals surface area contributed by atoms with Crippen molar-refractivity contribution in [3.8, 4) is 0 Å². The Morgan fingerprint density at radius 3 is 2.67 bits per heavy atom. The number of furan rings is 1. The first-order chi connectivity index (χ1) is 9.95. The van der Waals surface area contributed by atoms with Crippen molar-refractivity contribution in [2.45, 2.75) is 32.2 Å². The molecule has 0 amide bonds. The molecule has 0 aliphatic rings. The highest BCUT2D eigenvalue weighted by atomic mass is 32.2. The number of aromatic nitrogens is 1. The highest BCUT2D eigenvalue weighted by molar-refractivity contribution is 7.92. The topological polar surface area (TPSA) is 84.2 Å². The summed E-state index contributed by atoms with van der Waals surface area (Å²) in [6, 6.07) is 3.32. The van der Waals surface area contributed by atoms with Crippen molar-refractivity contribution in [1.82, 2.24) is 10.3 Å². The Morgan fingerprint density at radius 1 is 1.29 bits per heavy atom. The van der Waals surface area contributed by atoms with Gasteiger partial charge in [-0.2, -0.15) is 0 Å². The minimum Gasteiger partial charge on any atom is -0.465 e. The van der Waals surface area contributed by atoms with Crippen LogP contribution in [0.3, 0.4) is 0 Å².